The van der Waals surface area contributed by atoms with Crippen molar-refractivity contribution >= 4 is 0 Å². The van der Waals surface area contributed by atoms with Crippen LogP contribution in [0.4, 0.5) is 0 Å². The number of benzene rings is 2. The van der Waals surface area contributed by atoms with E-state index in [0.717, 1.165) is 31.6 Å². The van der Waals surface area contributed by atoms with E-state index < -0.39 is 0 Å². The molecule has 0 amide bonds. The van der Waals surface area contributed by atoms with Crippen LogP contribution in [0.5, 0.6) is 5.75 Å². The zero-order valence-electron chi connectivity index (χ0n) is 16.6. The van der Waals surface area contributed by atoms with Gasteiger partial charge in [-0.05, 0) is 53.3 Å². The van der Waals surface area contributed by atoms with Gasteiger partial charge in [-0.1, -0.05) is 69.7 Å². The first kappa shape index (κ1) is 19.2. The fourth-order valence-corrected chi connectivity index (χ4v) is 3.22. The van der Waals surface area contributed by atoms with E-state index in [4.69, 9.17) is 4.74 Å². The predicted octanol–water partition coefficient (Wildman–Crippen LogP) is 6.64. The standard InChI is InChI=1S/C25H29NO/c1-4-6-24-14-11-23(18-26-24)19(3)20-7-9-21(10-8-20)22-12-15-25(16-13-22)27-17-5-2/h7-16,18-19H,4-6,17H2,1-3H3. The van der Waals surface area contributed by atoms with E-state index in [1.165, 1.54) is 27.9 Å². The van der Waals surface area contributed by atoms with Crippen molar-refractivity contribution < 1.29 is 4.74 Å². The van der Waals surface area contributed by atoms with Crippen LogP contribution in [0.1, 0.15) is 56.4 Å². The Labute approximate surface area is 163 Å². The molecule has 0 aliphatic carbocycles. The summed E-state index contributed by atoms with van der Waals surface area (Å²) < 4.78 is 5.66. The molecular weight excluding hydrogens is 330 g/mol. The van der Waals surface area contributed by atoms with Gasteiger partial charge in [0.05, 0.1) is 6.61 Å². The second-order valence-corrected chi connectivity index (χ2v) is 7.05. The number of aromatic nitrogens is 1. The molecule has 140 valence electrons. The summed E-state index contributed by atoms with van der Waals surface area (Å²) in [4.78, 5) is 4.60. The number of aryl methyl sites for hydroxylation is 1. The van der Waals surface area contributed by atoms with Gasteiger partial charge in [0.2, 0.25) is 0 Å². The average Bonchev–Trinajstić information content (AvgIpc) is 2.73. The van der Waals surface area contributed by atoms with Gasteiger partial charge in [-0.25, -0.2) is 0 Å². The van der Waals surface area contributed by atoms with Gasteiger partial charge < -0.3 is 4.74 Å². The Balaban J connectivity index is 1.70. The van der Waals surface area contributed by atoms with Crippen molar-refractivity contribution in [2.45, 2.75) is 46.0 Å². The largest absolute Gasteiger partial charge is 0.494 e. The first-order valence-corrected chi connectivity index (χ1v) is 9.99. The highest BCUT2D eigenvalue weighted by Crippen LogP contribution is 2.28. The van der Waals surface area contributed by atoms with Crippen LogP contribution in [0.3, 0.4) is 0 Å². The van der Waals surface area contributed by atoms with E-state index in [0.29, 0.717) is 5.92 Å². The lowest BCUT2D eigenvalue weighted by atomic mass is 9.92. The quantitative estimate of drug-likeness (QED) is 0.449. The van der Waals surface area contributed by atoms with Gasteiger partial charge in [0.1, 0.15) is 5.75 Å². The summed E-state index contributed by atoms with van der Waals surface area (Å²) in [5, 5.41) is 0. The fraction of sp³-hybridized carbons (Fsp3) is 0.320. The summed E-state index contributed by atoms with van der Waals surface area (Å²) in [6.45, 7) is 7.31. The SMILES string of the molecule is CCCOc1ccc(-c2ccc(C(C)c3ccc(CCC)nc3)cc2)cc1. The summed E-state index contributed by atoms with van der Waals surface area (Å²) in [5.41, 5.74) is 6.19. The topological polar surface area (TPSA) is 22.1 Å². The van der Waals surface area contributed by atoms with Crippen LogP contribution in [0.25, 0.3) is 11.1 Å². The van der Waals surface area contributed by atoms with Gasteiger partial charge >= 0.3 is 0 Å². The van der Waals surface area contributed by atoms with E-state index in [-0.39, 0.29) is 0 Å². The smallest absolute Gasteiger partial charge is 0.119 e. The van der Waals surface area contributed by atoms with Crippen LogP contribution < -0.4 is 4.74 Å². The zero-order chi connectivity index (χ0) is 19.1. The molecule has 1 atom stereocenters. The van der Waals surface area contributed by atoms with Crippen LogP contribution in [0.2, 0.25) is 0 Å². The Bertz CT molecular complexity index is 820. The molecule has 0 bridgehead atoms. The first-order chi connectivity index (χ1) is 13.2. The molecule has 0 aliphatic rings. The number of pyridine rings is 1. The first-order valence-electron chi connectivity index (χ1n) is 9.99. The molecule has 2 aromatic carbocycles. The molecule has 0 saturated carbocycles. The second-order valence-electron chi connectivity index (χ2n) is 7.05. The van der Waals surface area contributed by atoms with E-state index in [9.17, 15) is 0 Å². The van der Waals surface area contributed by atoms with E-state index in [1.807, 2.05) is 18.3 Å². The normalized spacial score (nSPS) is 12.0. The minimum absolute atomic E-state index is 0.340. The number of nitrogens with zero attached hydrogens (tertiary/aromatic N) is 1. The highest BCUT2D eigenvalue weighted by Gasteiger charge is 2.09. The summed E-state index contributed by atoms with van der Waals surface area (Å²) in [5.74, 6) is 1.27. The Morgan fingerprint density at radius 1 is 0.778 bits per heavy atom. The summed E-state index contributed by atoms with van der Waals surface area (Å²) in [7, 11) is 0. The molecule has 3 aromatic rings. The van der Waals surface area contributed by atoms with Crippen molar-refractivity contribution in [3.8, 4) is 16.9 Å². The monoisotopic (exact) mass is 359 g/mol. The van der Waals surface area contributed by atoms with Crippen LogP contribution in [0, 0.1) is 0 Å². The van der Waals surface area contributed by atoms with Crippen LogP contribution in [0.15, 0.2) is 66.9 Å². The van der Waals surface area contributed by atoms with Crippen molar-refractivity contribution in [2.75, 3.05) is 6.61 Å². The number of hydrogen-bond acceptors (Lipinski definition) is 2. The molecule has 1 unspecified atom stereocenters. The molecule has 1 aromatic heterocycles. The number of ether oxygens (including phenoxy) is 1. The van der Waals surface area contributed by atoms with Gasteiger partial charge in [-0.2, -0.15) is 0 Å². The van der Waals surface area contributed by atoms with Crippen molar-refractivity contribution in [3.63, 3.8) is 0 Å². The Morgan fingerprint density at radius 3 is 1.96 bits per heavy atom. The van der Waals surface area contributed by atoms with Gasteiger partial charge in [-0.15, -0.1) is 0 Å². The lowest BCUT2D eigenvalue weighted by molar-refractivity contribution is 0.317. The van der Waals surface area contributed by atoms with Crippen molar-refractivity contribution in [3.05, 3.63) is 83.7 Å². The van der Waals surface area contributed by atoms with Crippen LogP contribution >= 0.6 is 0 Å². The van der Waals surface area contributed by atoms with Crippen LogP contribution in [-0.2, 0) is 6.42 Å². The number of hydrogen-bond donors (Lipinski definition) is 0. The molecule has 2 nitrogen and oxygen atoms in total. The fourth-order valence-electron chi connectivity index (χ4n) is 3.22. The molecule has 0 N–H and O–H groups in total. The molecule has 0 fully saturated rings. The lowest BCUT2D eigenvalue weighted by Gasteiger charge is -2.13. The Kier molecular flexibility index (Phi) is 6.64. The van der Waals surface area contributed by atoms with Gasteiger partial charge in [0.25, 0.3) is 0 Å². The van der Waals surface area contributed by atoms with Crippen molar-refractivity contribution in [1.29, 1.82) is 0 Å². The zero-order valence-corrected chi connectivity index (χ0v) is 16.6. The maximum atomic E-state index is 5.66. The molecule has 0 saturated heterocycles. The highest BCUT2D eigenvalue weighted by molar-refractivity contribution is 5.64. The third kappa shape index (κ3) is 4.97. The van der Waals surface area contributed by atoms with E-state index in [2.05, 4.69) is 74.3 Å². The summed E-state index contributed by atoms with van der Waals surface area (Å²) in [6, 6.07) is 21.6. The third-order valence-electron chi connectivity index (χ3n) is 4.92. The summed E-state index contributed by atoms with van der Waals surface area (Å²) >= 11 is 0. The molecule has 1 heterocycles. The highest BCUT2D eigenvalue weighted by atomic mass is 16.5. The van der Waals surface area contributed by atoms with Gasteiger partial charge in [0.15, 0.2) is 0 Å². The number of rotatable bonds is 8. The minimum Gasteiger partial charge on any atom is -0.494 e. The third-order valence-corrected chi connectivity index (χ3v) is 4.92. The molecule has 0 aliphatic heterocycles. The van der Waals surface area contributed by atoms with Crippen LogP contribution in [-0.4, -0.2) is 11.6 Å². The van der Waals surface area contributed by atoms with Crippen molar-refractivity contribution in [2.24, 2.45) is 0 Å². The lowest BCUT2D eigenvalue weighted by Crippen LogP contribution is -1.98. The molecular formula is C25H29NO. The molecule has 27 heavy (non-hydrogen) atoms. The van der Waals surface area contributed by atoms with E-state index in [1.54, 1.807) is 0 Å². The minimum atomic E-state index is 0.340. The maximum absolute atomic E-state index is 5.66. The predicted molar refractivity (Wildman–Crippen MR) is 113 cm³/mol. The summed E-state index contributed by atoms with van der Waals surface area (Å²) in [6.07, 6.45) is 5.23. The molecule has 0 spiro atoms. The second kappa shape index (κ2) is 9.36. The van der Waals surface area contributed by atoms with E-state index >= 15 is 0 Å². The Morgan fingerprint density at radius 2 is 1.41 bits per heavy atom. The maximum Gasteiger partial charge on any atom is 0.119 e. The average molecular weight is 360 g/mol. The van der Waals surface area contributed by atoms with Gasteiger partial charge in [0, 0.05) is 17.8 Å². The van der Waals surface area contributed by atoms with Crippen molar-refractivity contribution in [1.82, 2.24) is 4.98 Å². The Hall–Kier alpha value is -2.61. The van der Waals surface area contributed by atoms with Gasteiger partial charge in [-0.3, -0.25) is 4.98 Å². The molecule has 0 radical (unpaired) electrons. The molecule has 3 rings (SSSR count). The molecule has 2 heteroatoms.